The van der Waals surface area contributed by atoms with Gasteiger partial charge in [0.25, 0.3) is 5.69 Å². The van der Waals surface area contributed by atoms with Crippen LogP contribution in [0.25, 0.3) is 0 Å². The number of carbonyl (C=O) groups is 2. The number of non-ortho nitro benzene ring substituents is 1. The molecule has 1 atom stereocenters. The van der Waals surface area contributed by atoms with E-state index < -0.39 is 22.8 Å². The zero-order valence-corrected chi connectivity index (χ0v) is 19.1. The molecule has 0 aromatic heterocycles. The van der Waals surface area contributed by atoms with E-state index in [-0.39, 0.29) is 42.5 Å². The van der Waals surface area contributed by atoms with Gasteiger partial charge < -0.3 is 19.5 Å². The molecule has 1 aromatic rings. The molecule has 1 aromatic carbocycles. The zero-order chi connectivity index (χ0) is 23.7. The minimum atomic E-state index is -0.914. The molecule has 1 heterocycles. The van der Waals surface area contributed by atoms with Gasteiger partial charge in [0.1, 0.15) is 13.2 Å². The van der Waals surface area contributed by atoms with Crippen LogP contribution in [0.4, 0.5) is 5.69 Å². The SMILES string of the molecule is CCCOCCOC(=O)C1=C(C)NC(C)=C(C(=O)OCCCl)C1c1cccc([N+](=O)[O-])c1. The second-order valence-corrected chi connectivity index (χ2v) is 7.44. The van der Waals surface area contributed by atoms with Crippen LogP contribution in [-0.2, 0) is 23.8 Å². The Labute approximate surface area is 191 Å². The van der Waals surface area contributed by atoms with E-state index in [0.29, 0.717) is 23.6 Å². The fraction of sp³-hybridized carbons (Fsp3) is 0.455. The average Bonchev–Trinajstić information content (AvgIpc) is 2.76. The van der Waals surface area contributed by atoms with Crippen LogP contribution in [0.2, 0.25) is 0 Å². The van der Waals surface area contributed by atoms with Gasteiger partial charge in [-0.3, -0.25) is 10.1 Å². The van der Waals surface area contributed by atoms with Crippen LogP contribution in [0.3, 0.4) is 0 Å². The second kappa shape index (κ2) is 12.2. The van der Waals surface area contributed by atoms with Crippen molar-refractivity contribution in [3.05, 3.63) is 62.5 Å². The third-order valence-electron chi connectivity index (χ3n) is 4.73. The lowest BCUT2D eigenvalue weighted by atomic mass is 9.80. The lowest BCUT2D eigenvalue weighted by Crippen LogP contribution is -2.33. The quantitative estimate of drug-likeness (QED) is 0.173. The van der Waals surface area contributed by atoms with Gasteiger partial charge in [0.05, 0.1) is 34.5 Å². The molecule has 0 bridgehead atoms. The predicted molar refractivity (Wildman–Crippen MR) is 118 cm³/mol. The largest absolute Gasteiger partial charge is 0.461 e. The van der Waals surface area contributed by atoms with Crippen molar-refractivity contribution in [2.24, 2.45) is 0 Å². The number of nitro groups is 1. The number of benzene rings is 1. The fourth-order valence-electron chi connectivity index (χ4n) is 3.41. The van der Waals surface area contributed by atoms with Gasteiger partial charge in [-0.15, -0.1) is 11.6 Å². The Morgan fingerprint density at radius 3 is 2.25 bits per heavy atom. The monoisotopic (exact) mass is 466 g/mol. The summed E-state index contributed by atoms with van der Waals surface area (Å²) in [5.74, 6) is -2.13. The number of nitro benzene ring substituents is 1. The van der Waals surface area contributed by atoms with E-state index in [9.17, 15) is 19.7 Å². The molecule has 1 aliphatic heterocycles. The molecule has 1 N–H and O–H groups in total. The molecule has 1 aliphatic rings. The van der Waals surface area contributed by atoms with Gasteiger partial charge in [-0.2, -0.15) is 0 Å². The van der Waals surface area contributed by atoms with Crippen molar-refractivity contribution in [2.75, 3.05) is 32.3 Å². The summed E-state index contributed by atoms with van der Waals surface area (Å²) in [7, 11) is 0. The number of esters is 2. The molecule has 0 radical (unpaired) electrons. The second-order valence-electron chi connectivity index (χ2n) is 7.06. The standard InChI is InChI=1S/C22H27ClN2O7/c1-4-9-30-11-12-32-22(27)19-15(3)24-14(2)18(21(26)31-10-8-23)20(19)16-6-5-7-17(13-16)25(28)29/h5-7,13,20,24H,4,8-12H2,1-3H3. The smallest absolute Gasteiger partial charge is 0.336 e. The number of halogens is 1. The van der Waals surface area contributed by atoms with Crippen LogP contribution >= 0.6 is 11.6 Å². The van der Waals surface area contributed by atoms with E-state index in [4.69, 9.17) is 25.8 Å². The highest BCUT2D eigenvalue weighted by Gasteiger charge is 2.38. The van der Waals surface area contributed by atoms with Gasteiger partial charge in [-0.25, -0.2) is 9.59 Å². The van der Waals surface area contributed by atoms with E-state index in [1.165, 1.54) is 18.2 Å². The Morgan fingerprint density at radius 2 is 1.69 bits per heavy atom. The van der Waals surface area contributed by atoms with Crippen LogP contribution in [0.5, 0.6) is 0 Å². The minimum absolute atomic E-state index is 0.0178. The molecule has 0 fully saturated rings. The van der Waals surface area contributed by atoms with Crippen molar-refractivity contribution in [1.82, 2.24) is 5.32 Å². The van der Waals surface area contributed by atoms with E-state index in [2.05, 4.69) is 5.32 Å². The van der Waals surface area contributed by atoms with Gasteiger partial charge in [0.2, 0.25) is 0 Å². The number of ether oxygens (including phenoxy) is 3. The number of hydrogen-bond acceptors (Lipinski definition) is 8. The Morgan fingerprint density at radius 1 is 1.06 bits per heavy atom. The first-order valence-electron chi connectivity index (χ1n) is 10.2. The van der Waals surface area contributed by atoms with E-state index in [1.807, 2.05) is 6.92 Å². The Hall–Kier alpha value is -2.91. The Balaban J connectivity index is 2.46. The molecular weight excluding hydrogens is 440 g/mol. The number of nitrogens with one attached hydrogen (secondary N) is 1. The van der Waals surface area contributed by atoms with E-state index >= 15 is 0 Å². The summed E-state index contributed by atoms with van der Waals surface area (Å²) >= 11 is 5.65. The molecule has 0 saturated heterocycles. The number of rotatable bonds is 11. The molecule has 32 heavy (non-hydrogen) atoms. The highest BCUT2D eigenvalue weighted by molar-refractivity contribution is 6.18. The lowest BCUT2D eigenvalue weighted by molar-refractivity contribution is -0.384. The topological polar surface area (TPSA) is 117 Å². The van der Waals surface area contributed by atoms with Gasteiger partial charge in [-0.05, 0) is 25.8 Å². The van der Waals surface area contributed by atoms with Crippen molar-refractivity contribution in [1.29, 1.82) is 0 Å². The highest BCUT2D eigenvalue weighted by atomic mass is 35.5. The fourth-order valence-corrected chi connectivity index (χ4v) is 3.49. The lowest BCUT2D eigenvalue weighted by Gasteiger charge is -2.30. The van der Waals surface area contributed by atoms with Crippen molar-refractivity contribution < 1.29 is 28.7 Å². The van der Waals surface area contributed by atoms with Crippen LogP contribution in [0.15, 0.2) is 46.8 Å². The number of dihydropyridines is 1. The van der Waals surface area contributed by atoms with Crippen LogP contribution in [-0.4, -0.2) is 49.2 Å². The molecule has 10 heteroatoms. The predicted octanol–water partition coefficient (Wildman–Crippen LogP) is 3.58. The van der Waals surface area contributed by atoms with Gasteiger partial charge in [-0.1, -0.05) is 19.1 Å². The number of hydrogen-bond donors (Lipinski definition) is 1. The summed E-state index contributed by atoms with van der Waals surface area (Å²) in [4.78, 5) is 36.7. The number of carbonyl (C=O) groups excluding carboxylic acids is 2. The molecule has 9 nitrogen and oxygen atoms in total. The summed E-state index contributed by atoms with van der Waals surface area (Å²) < 4.78 is 15.9. The van der Waals surface area contributed by atoms with Gasteiger partial charge >= 0.3 is 11.9 Å². The Bertz CT molecular complexity index is 927. The highest BCUT2D eigenvalue weighted by Crippen LogP contribution is 2.40. The third kappa shape index (κ3) is 6.30. The summed E-state index contributed by atoms with van der Waals surface area (Å²) in [6, 6.07) is 5.80. The first kappa shape index (κ1) is 25.4. The number of allylic oxidation sites excluding steroid dienone is 2. The van der Waals surface area contributed by atoms with E-state index in [1.54, 1.807) is 19.9 Å². The first-order chi connectivity index (χ1) is 15.3. The zero-order valence-electron chi connectivity index (χ0n) is 18.3. The van der Waals surface area contributed by atoms with Crippen molar-refractivity contribution >= 4 is 29.2 Å². The summed E-state index contributed by atoms with van der Waals surface area (Å²) in [5.41, 5.74) is 1.52. The molecule has 2 rings (SSSR count). The minimum Gasteiger partial charge on any atom is -0.461 e. The molecular formula is C22H27ClN2O7. The average molecular weight is 467 g/mol. The molecule has 0 spiro atoms. The normalized spacial score (nSPS) is 15.9. The number of nitrogens with zero attached hydrogens (tertiary/aromatic N) is 1. The van der Waals surface area contributed by atoms with E-state index in [0.717, 1.165) is 6.42 Å². The van der Waals surface area contributed by atoms with Gasteiger partial charge in [0.15, 0.2) is 0 Å². The molecule has 1 unspecified atom stereocenters. The summed E-state index contributed by atoms with van der Waals surface area (Å²) in [6.45, 7) is 6.12. The van der Waals surface area contributed by atoms with Crippen molar-refractivity contribution in [2.45, 2.75) is 33.1 Å². The van der Waals surface area contributed by atoms with Crippen LogP contribution in [0.1, 0.15) is 38.7 Å². The first-order valence-corrected chi connectivity index (χ1v) is 10.8. The van der Waals surface area contributed by atoms with Gasteiger partial charge in [0, 0.05) is 30.1 Å². The summed E-state index contributed by atoms with van der Waals surface area (Å²) in [6.07, 6.45) is 0.842. The summed E-state index contributed by atoms with van der Waals surface area (Å²) in [5, 5.41) is 14.3. The molecule has 0 saturated carbocycles. The third-order valence-corrected chi connectivity index (χ3v) is 4.89. The number of alkyl halides is 1. The maximum Gasteiger partial charge on any atom is 0.336 e. The van der Waals surface area contributed by atoms with Crippen molar-refractivity contribution in [3.63, 3.8) is 0 Å². The van der Waals surface area contributed by atoms with Crippen LogP contribution in [0, 0.1) is 10.1 Å². The molecule has 0 amide bonds. The van der Waals surface area contributed by atoms with Crippen molar-refractivity contribution in [3.8, 4) is 0 Å². The molecule has 0 aliphatic carbocycles. The molecule has 174 valence electrons. The maximum absolute atomic E-state index is 13.0. The Kier molecular flexibility index (Phi) is 9.67. The van der Waals surface area contributed by atoms with Crippen LogP contribution < -0.4 is 5.32 Å². The maximum atomic E-state index is 13.0.